The molecule has 0 saturated carbocycles. The van der Waals surface area contributed by atoms with Crippen molar-refractivity contribution in [2.75, 3.05) is 7.11 Å². The minimum absolute atomic E-state index is 0.0435. The lowest BCUT2D eigenvalue weighted by Gasteiger charge is -2.13. The van der Waals surface area contributed by atoms with Crippen LogP contribution in [0.2, 0.25) is 5.02 Å². The molecule has 0 atom stereocenters. The predicted molar refractivity (Wildman–Crippen MR) is 110 cm³/mol. The zero-order valence-corrected chi connectivity index (χ0v) is 17.4. The summed E-state index contributed by atoms with van der Waals surface area (Å²) in [6, 6.07) is 9.27. The van der Waals surface area contributed by atoms with Crippen LogP contribution in [0, 0.1) is 5.82 Å². The van der Waals surface area contributed by atoms with Crippen molar-refractivity contribution >= 4 is 34.5 Å². The molecule has 0 aliphatic rings. The smallest absolute Gasteiger partial charge is 0.417 e. The number of benzene rings is 2. The first-order valence-electron chi connectivity index (χ1n) is 9.26. The number of esters is 1. The normalized spacial score (nSPS) is 11.6. The Morgan fingerprint density at radius 2 is 1.85 bits per heavy atom. The van der Waals surface area contributed by atoms with Gasteiger partial charge in [0.05, 0.1) is 34.3 Å². The maximum atomic E-state index is 14.8. The van der Waals surface area contributed by atoms with Gasteiger partial charge >= 0.3 is 12.1 Å². The van der Waals surface area contributed by atoms with Crippen LogP contribution < -0.4 is 0 Å². The van der Waals surface area contributed by atoms with Crippen LogP contribution in [-0.2, 0) is 10.9 Å². The lowest BCUT2D eigenvalue weighted by molar-refractivity contribution is -0.137. The number of hydrogen-bond acceptors (Lipinski definition) is 5. The first-order chi connectivity index (χ1) is 15.6. The van der Waals surface area contributed by atoms with Gasteiger partial charge in [-0.25, -0.2) is 9.18 Å². The van der Waals surface area contributed by atoms with Crippen molar-refractivity contribution < 1.29 is 31.9 Å². The molecule has 6 nitrogen and oxygen atoms in total. The van der Waals surface area contributed by atoms with Gasteiger partial charge in [-0.2, -0.15) is 23.0 Å². The predicted octanol–water partition coefficient (Wildman–Crippen LogP) is 5.38. The van der Waals surface area contributed by atoms with Crippen LogP contribution in [0.15, 0.2) is 54.7 Å². The number of halogens is 5. The number of methoxy groups -OCH3 is 1. The van der Waals surface area contributed by atoms with Crippen LogP contribution in [0.5, 0.6) is 0 Å². The number of alkyl halides is 3. The number of nitrogens with zero attached hydrogens (tertiary/aromatic N) is 3. The summed E-state index contributed by atoms with van der Waals surface area (Å²) < 4.78 is 60.7. The first kappa shape index (κ1) is 22.4. The summed E-state index contributed by atoms with van der Waals surface area (Å²) in [5.74, 6) is -2.79. The van der Waals surface area contributed by atoms with Gasteiger partial charge in [-0.1, -0.05) is 17.7 Å². The standard InChI is InChI=1S/C22H12ClF4N3O3/c1-33-21(32)11-7-8-12(15(24)10-11)18-19-16(6-3-9-28-19)30(29-18)20(31)17-13(22(25,26)27)4-2-5-14(17)23/h2-10H,1H3. The summed E-state index contributed by atoms with van der Waals surface area (Å²) in [6.45, 7) is 0. The number of rotatable bonds is 3. The molecule has 0 fully saturated rings. The average Bonchev–Trinajstić information content (AvgIpc) is 3.16. The topological polar surface area (TPSA) is 74.1 Å². The Bertz CT molecular complexity index is 1420. The van der Waals surface area contributed by atoms with Gasteiger partial charge in [-0.3, -0.25) is 9.78 Å². The number of hydrogen-bond donors (Lipinski definition) is 0. The molecule has 2 aromatic heterocycles. The molecule has 4 rings (SSSR count). The van der Waals surface area contributed by atoms with Crippen molar-refractivity contribution in [3.8, 4) is 11.3 Å². The third kappa shape index (κ3) is 3.93. The minimum atomic E-state index is -4.85. The fourth-order valence-electron chi connectivity index (χ4n) is 3.32. The molecule has 11 heteroatoms. The van der Waals surface area contributed by atoms with Gasteiger partial charge in [0.15, 0.2) is 0 Å². The van der Waals surface area contributed by atoms with E-state index in [2.05, 4.69) is 14.8 Å². The third-order valence-corrected chi connectivity index (χ3v) is 5.12. The summed E-state index contributed by atoms with van der Waals surface area (Å²) >= 11 is 5.96. The number of carbonyl (C=O) groups is 2. The Labute approximate surface area is 188 Å². The van der Waals surface area contributed by atoms with E-state index in [1.807, 2.05) is 0 Å². The highest BCUT2D eigenvalue weighted by atomic mass is 35.5. The first-order valence-corrected chi connectivity index (χ1v) is 9.63. The molecule has 0 N–H and O–H groups in total. The fraction of sp³-hybridized carbons (Fsp3) is 0.0909. The Kier molecular flexibility index (Phi) is 5.62. The van der Waals surface area contributed by atoms with Gasteiger partial charge in [-0.15, -0.1) is 0 Å². The lowest BCUT2D eigenvalue weighted by Crippen LogP contribution is -2.20. The van der Waals surface area contributed by atoms with Gasteiger partial charge in [-0.05, 0) is 42.5 Å². The van der Waals surface area contributed by atoms with Crippen molar-refractivity contribution in [1.29, 1.82) is 0 Å². The molecule has 2 aromatic carbocycles. The van der Waals surface area contributed by atoms with Gasteiger partial charge in [0, 0.05) is 11.8 Å². The van der Waals surface area contributed by atoms with E-state index in [0.717, 1.165) is 31.4 Å². The van der Waals surface area contributed by atoms with Crippen LogP contribution in [0.25, 0.3) is 22.3 Å². The molecule has 2 heterocycles. The molecule has 4 aromatic rings. The van der Waals surface area contributed by atoms with Crippen LogP contribution in [-0.4, -0.2) is 33.8 Å². The molecule has 0 aliphatic heterocycles. The second kappa shape index (κ2) is 8.28. The summed E-state index contributed by atoms with van der Waals surface area (Å²) in [7, 11) is 1.14. The van der Waals surface area contributed by atoms with Crippen molar-refractivity contribution in [3.63, 3.8) is 0 Å². The molecular weight excluding hydrogens is 466 g/mol. The SMILES string of the molecule is COC(=O)c1ccc(-c2nn(C(=O)c3c(Cl)cccc3C(F)(F)F)c3cccnc23)c(F)c1. The Hall–Kier alpha value is -3.79. The largest absolute Gasteiger partial charge is 0.465 e. The number of ether oxygens (including phenoxy) is 1. The Morgan fingerprint density at radius 1 is 1.09 bits per heavy atom. The molecule has 0 spiro atoms. The molecule has 0 aliphatic carbocycles. The van der Waals surface area contributed by atoms with Crippen molar-refractivity contribution in [1.82, 2.24) is 14.8 Å². The Morgan fingerprint density at radius 3 is 2.52 bits per heavy atom. The van der Waals surface area contributed by atoms with Crippen LogP contribution >= 0.6 is 11.6 Å². The summed E-state index contributed by atoms with van der Waals surface area (Å²) in [6.07, 6.45) is -3.49. The van der Waals surface area contributed by atoms with E-state index >= 15 is 0 Å². The molecule has 168 valence electrons. The maximum Gasteiger partial charge on any atom is 0.417 e. The highest BCUT2D eigenvalue weighted by molar-refractivity contribution is 6.34. The quantitative estimate of drug-likeness (QED) is 0.292. The van der Waals surface area contributed by atoms with E-state index in [4.69, 9.17) is 11.6 Å². The average molecular weight is 478 g/mol. The van der Waals surface area contributed by atoms with Crippen LogP contribution in [0.3, 0.4) is 0 Å². The highest BCUT2D eigenvalue weighted by Crippen LogP contribution is 2.36. The summed E-state index contributed by atoms with van der Waals surface area (Å²) in [4.78, 5) is 29.0. The van der Waals surface area contributed by atoms with Gasteiger partial charge in [0.2, 0.25) is 0 Å². The summed E-state index contributed by atoms with van der Waals surface area (Å²) in [5, 5.41) is 3.66. The molecule has 0 radical (unpaired) electrons. The molecule has 0 bridgehead atoms. The van der Waals surface area contributed by atoms with Gasteiger partial charge in [0.1, 0.15) is 17.0 Å². The van der Waals surface area contributed by atoms with Crippen molar-refractivity contribution in [3.05, 3.63) is 82.3 Å². The van der Waals surface area contributed by atoms with Crippen molar-refractivity contribution in [2.45, 2.75) is 6.18 Å². The van der Waals surface area contributed by atoms with Gasteiger partial charge < -0.3 is 4.74 Å². The zero-order valence-electron chi connectivity index (χ0n) is 16.7. The number of pyridine rings is 1. The number of carbonyl (C=O) groups excluding carboxylic acids is 2. The van der Waals surface area contributed by atoms with E-state index in [0.29, 0.717) is 4.68 Å². The van der Waals surface area contributed by atoms with E-state index in [9.17, 15) is 27.2 Å². The van der Waals surface area contributed by atoms with E-state index in [-0.39, 0.29) is 27.9 Å². The molecule has 0 amide bonds. The van der Waals surface area contributed by atoms with Crippen molar-refractivity contribution in [2.24, 2.45) is 0 Å². The lowest BCUT2D eigenvalue weighted by atomic mass is 10.1. The maximum absolute atomic E-state index is 14.8. The van der Waals surface area contributed by atoms with Gasteiger partial charge in [0.25, 0.3) is 5.91 Å². The second-order valence-electron chi connectivity index (χ2n) is 6.78. The van der Waals surface area contributed by atoms with Crippen LogP contribution in [0.4, 0.5) is 17.6 Å². The van der Waals surface area contributed by atoms with Crippen LogP contribution in [0.1, 0.15) is 26.3 Å². The number of fused-ring (bicyclic) bond motifs is 1. The third-order valence-electron chi connectivity index (χ3n) is 4.81. The molecule has 0 unspecified atom stereocenters. The number of aromatic nitrogens is 3. The zero-order chi connectivity index (χ0) is 23.9. The molecular formula is C22H12ClF4N3O3. The van der Waals surface area contributed by atoms with E-state index in [1.165, 1.54) is 30.5 Å². The molecule has 33 heavy (non-hydrogen) atoms. The van der Waals surface area contributed by atoms with E-state index in [1.54, 1.807) is 0 Å². The second-order valence-corrected chi connectivity index (χ2v) is 7.19. The Balaban J connectivity index is 1.92. The molecule has 0 saturated heterocycles. The fourth-order valence-corrected chi connectivity index (χ4v) is 3.58. The van der Waals surface area contributed by atoms with E-state index < -0.39 is 40.0 Å². The minimum Gasteiger partial charge on any atom is -0.465 e. The monoisotopic (exact) mass is 477 g/mol. The summed E-state index contributed by atoms with van der Waals surface area (Å²) in [5.41, 5.74) is -2.20. The highest BCUT2D eigenvalue weighted by Gasteiger charge is 2.37.